The summed E-state index contributed by atoms with van der Waals surface area (Å²) >= 11 is 0. The smallest absolute Gasteiger partial charge is 0.341 e. The summed E-state index contributed by atoms with van der Waals surface area (Å²) in [6, 6.07) is 38.8. The van der Waals surface area contributed by atoms with Gasteiger partial charge in [-0.1, -0.05) is 66.7 Å². The number of phenols is 1. The second-order valence-electron chi connectivity index (χ2n) is 7.90. The third-order valence-electron chi connectivity index (χ3n) is 5.84. The largest absolute Gasteiger partial charge is 1.00 e. The van der Waals surface area contributed by atoms with Crippen LogP contribution >= 0.6 is 7.26 Å². The summed E-state index contributed by atoms with van der Waals surface area (Å²) < 4.78 is 5.45. The molecule has 1 N–H and O–H groups in total. The van der Waals surface area contributed by atoms with Crippen molar-refractivity contribution in [2.45, 2.75) is 12.8 Å². The van der Waals surface area contributed by atoms with Crippen LogP contribution in [0.25, 0.3) is 0 Å². The van der Waals surface area contributed by atoms with E-state index in [2.05, 4.69) is 91.0 Å². The number of rotatable bonds is 9. The molecule has 0 fully saturated rings. The molecule has 0 amide bonds. The lowest BCUT2D eigenvalue weighted by Crippen LogP contribution is -3.00. The number of phenolic OH excluding ortho intramolecular Hbond substituents is 1. The van der Waals surface area contributed by atoms with Gasteiger partial charge in [0.05, 0.1) is 12.8 Å². The molecule has 4 aromatic carbocycles. The first-order valence-electron chi connectivity index (χ1n) is 11.2. The van der Waals surface area contributed by atoms with Gasteiger partial charge in [0.15, 0.2) is 0 Å². The van der Waals surface area contributed by atoms with Crippen molar-refractivity contribution < 1.29 is 31.6 Å². The van der Waals surface area contributed by atoms with Crippen LogP contribution in [0.1, 0.15) is 23.2 Å². The summed E-state index contributed by atoms with van der Waals surface area (Å²) in [5.74, 6) is -0.534. The molecular weight excluding hydrogens is 507 g/mol. The molecule has 0 saturated heterocycles. The molecule has 0 aliphatic heterocycles. The number of carbonyl (C=O) groups excluding carboxylic acids is 1. The fourth-order valence-corrected chi connectivity index (χ4v) is 8.63. The molecule has 5 heteroatoms. The van der Waals surface area contributed by atoms with Gasteiger partial charge in [0.1, 0.15) is 34.5 Å². The molecule has 4 aromatic rings. The molecule has 0 atom stereocenters. The number of carbonyl (C=O) groups is 1. The summed E-state index contributed by atoms with van der Waals surface area (Å²) in [7, 11) is -1.86. The number of unbranched alkanes of at least 4 members (excludes halogenated alkanes) is 1. The number of aromatic hydroxyl groups is 1. The van der Waals surface area contributed by atoms with Gasteiger partial charge in [0.25, 0.3) is 0 Å². The lowest BCUT2D eigenvalue weighted by Gasteiger charge is -2.27. The highest BCUT2D eigenvalue weighted by Crippen LogP contribution is 2.55. The number of halogens is 1. The highest BCUT2D eigenvalue weighted by molar-refractivity contribution is 7.95. The van der Waals surface area contributed by atoms with Crippen LogP contribution in [-0.4, -0.2) is 23.8 Å². The van der Waals surface area contributed by atoms with Gasteiger partial charge >= 0.3 is 5.97 Å². The van der Waals surface area contributed by atoms with Crippen molar-refractivity contribution in [2.24, 2.45) is 0 Å². The van der Waals surface area contributed by atoms with E-state index in [1.807, 2.05) is 0 Å². The third kappa shape index (κ3) is 5.75. The summed E-state index contributed by atoms with van der Waals surface area (Å²) in [4.78, 5) is 12.3. The molecular formula is C29H28BrO3P. The van der Waals surface area contributed by atoms with Crippen LogP contribution in [0.4, 0.5) is 0 Å². The first-order valence-corrected chi connectivity index (χ1v) is 13.2. The Labute approximate surface area is 212 Å². The van der Waals surface area contributed by atoms with E-state index < -0.39 is 13.2 Å². The van der Waals surface area contributed by atoms with Gasteiger partial charge in [-0.25, -0.2) is 4.79 Å². The standard InChI is InChI=1S/C29H27O3P.BrH/c30-28-21-11-10-20-27(28)29(31)32-22-12-13-23-33(24-14-4-1-5-15-24,25-16-6-2-7-17-25)26-18-8-3-9-19-26;/h1-11,14-21H,12-13,22-23H2;1H. The molecule has 3 nitrogen and oxygen atoms in total. The SMILES string of the molecule is O=C(OCCCC[P+](c1ccccc1)(c1ccccc1)c1ccccc1)c1ccccc1O.[Br-]. The van der Waals surface area contributed by atoms with E-state index in [9.17, 15) is 9.90 Å². The van der Waals surface area contributed by atoms with Crippen molar-refractivity contribution >= 4 is 29.1 Å². The number of benzene rings is 4. The zero-order valence-electron chi connectivity index (χ0n) is 18.9. The minimum absolute atomic E-state index is 0. The van der Waals surface area contributed by atoms with Gasteiger partial charge in [-0.2, -0.15) is 0 Å². The highest BCUT2D eigenvalue weighted by Gasteiger charge is 2.44. The Morgan fingerprint density at radius 3 is 1.56 bits per heavy atom. The average Bonchev–Trinajstić information content (AvgIpc) is 2.88. The Bertz CT molecular complexity index is 1070. The molecule has 0 spiro atoms. The maximum atomic E-state index is 12.3. The molecule has 34 heavy (non-hydrogen) atoms. The molecule has 4 rings (SSSR count). The van der Waals surface area contributed by atoms with E-state index in [-0.39, 0.29) is 28.3 Å². The van der Waals surface area contributed by atoms with Crippen molar-refractivity contribution in [3.63, 3.8) is 0 Å². The molecule has 0 heterocycles. The van der Waals surface area contributed by atoms with E-state index in [1.54, 1.807) is 18.2 Å². The van der Waals surface area contributed by atoms with Crippen LogP contribution in [-0.2, 0) is 4.74 Å². The predicted octanol–water partition coefficient (Wildman–Crippen LogP) is 2.33. The quantitative estimate of drug-likeness (QED) is 0.204. The Hall–Kier alpha value is -2.94. The van der Waals surface area contributed by atoms with Gasteiger partial charge < -0.3 is 26.8 Å². The molecule has 0 radical (unpaired) electrons. The molecule has 174 valence electrons. The Morgan fingerprint density at radius 1 is 0.647 bits per heavy atom. The fraction of sp³-hybridized carbons (Fsp3) is 0.138. The van der Waals surface area contributed by atoms with Crippen molar-refractivity contribution in [3.8, 4) is 5.75 Å². The third-order valence-corrected chi connectivity index (χ3v) is 10.4. The first kappa shape index (κ1) is 25.7. The monoisotopic (exact) mass is 534 g/mol. The fourth-order valence-electron chi connectivity index (χ4n) is 4.22. The molecule has 0 bridgehead atoms. The zero-order chi connectivity index (χ0) is 22.9. The molecule has 0 aliphatic carbocycles. The first-order chi connectivity index (χ1) is 16.2. The van der Waals surface area contributed by atoms with Gasteiger partial charge in [0.2, 0.25) is 0 Å². The second kappa shape index (κ2) is 12.5. The summed E-state index contributed by atoms with van der Waals surface area (Å²) in [6.07, 6.45) is 2.66. The summed E-state index contributed by atoms with van der Waals surface area (Å²) in [5, 5.41) is 13.9. The van der Waals surface area contributed by atoms with E-state index in [0.29, 0.717) is 6.61 Å². The summed E-state index contributed by atoms with van der Waals surface area (Å²) in [6.45, 7) is 0.325. The van der Waals surface area contributed by atoms with Crippen LogP contribution < -0.4 is 32.9 Å². The number of hydrogen-bond acceptors (Lipinski definition) is 3. The van der Waals surface area contributed by atoms with Crippen LogP contribution in [0.3, 0.4) is 0 Å². The van der Waals surface area contributed by atoms with E-state index in [1.165, 1.54) is 22.0 Å². The Kier molecular flexibility index (Phi) is 9.44. The van der Waals surface area contributed by atoms with Gasteiger partial charge in [-0.15, -0.1) is 0 Å². The van der Waals surface area contributed by atoms with Crippen LogP contribution in [0.15, 0.2) is 115 Å². The van der Waals surface area contributed by atoms with Gasteiger partial charge in [-0.3, -0.25) is 0 Å². The van der Waals surface area contributed by atoms with Crippen molar-refractivity contribution in [1.82, 2.24) is 0 Å². The number of ether oxygens (including phenoxy) is 1. The lowest BCUT2D eigenvalue weighted by molar-refractivity contribution is -0.0000268. The normalized spacial score (nSPS) is 10.8. The van der Waals surface area contributed by atoms with Crippen LogP contribution in [0, 0.1) is 0 Å². The molecule has 0 aliphatic rings. The Morgan fingerprint density at radius 2 is 1.09 bits per heavy atom. The minimum Gasteiger partial charge on any atom is -1.00 e. The average molecular weight is 535 g/mol. The lowest BCUT2D eigenvalue weighted by atomic mass is 10.2. The van der Waals surface area contributed by atoms with Crippen LogP contribution in [0.5, 0.6) is 5.75 Å². The van der Waals surface area contributed by atoms with Crippen molar-refractivity contribution in [3.05, 3.63) is 121 Å². The second-order valence-corrected chi connectivity index (χ2v) is 11.5. The van der Waals surface area contributed by atoms with Crippen molar-refractivity contribution in [1.29, 1.82) is 0 Å². The van der Waals surface area contributed by atoms with E-state index >= 15 is 0 Å². The molecule has 0 saturated carbocycles. The van der Waals surface area contributed by atoms with Gasteiger partial charge in [0, 0.05) is 0 Å². The van der Waals surface area contributed by atoms with Crippen LogP contribution in [0.2, 0.25) is 0 Å². The van der Waals surface area contributed by atoms with Crippen molar-refractivity contribution in [2.75, 3.05) is 12.8 Å². The van der Waals surface area contributed by atoms with Gasteiger partial charge in [-0.05, 0) is 61.4 Å². The highest BCUT2D eigenvalue weighted by atomic mass is 79.9. The predicted molar refractivity (Wildman–Crippen MR) is 138 cm³/mol. The van der Waals surface area contributed by atoms with E-state index in [0.717, 1.165) is 19.0 Å². The number of para-hydroxylation sites is 1. The number of hydrogen-bond donors (Lipinski definition) is 1. The Balaban J connectivity index is 0.00000324. The molecule has 0 aromatic heterocycles. The number of esters is 1. The maximum Gasteiger partial charge on any atom is 0.341 e. The topological polar surface area (TPSA) is 46.5 Å². The summed E-state index contributed by atoms with van der Waals surface area (Å²) in [5.41, 5.74) is 0.206. The zero-order valence-corrected chi connectivity index (χ0v) is 21.4. The van der Waals surface area contributed by atoms with E-state index in [4.69, 9.17) is 4.74 Å². The molecule has 0 unspecified atom stereocenters. The minimum atomic E-state index is -1.86. The maximum absolute atomic E-state index is 12.3.